The fraction of sp³-hybridized carbons (Fsp3) is 0.556. The Balaban J connectivity index is 1.49. The molecule has 1 fully saturated rings. The highest BCUT2D eigenvalue weighted by atomic mass is 32.2. The van der Waals surface area contributed by atoms with Crippen LogP contribution in [0.15, 0.2) is 29.2 Å². The van der Waals surface area contributed by atoms with Crippen LogP contribution in [-0.4, -0.2) is 55.2 Å². The number of para-hydroxylation sites is 1. The van der Waals surface area contributed by atoms with Crippen molar-refractivity contribution in [3.63, 3.8) is 0 Å². The molecule has 0 aromatic heterocycles. The highest BCUT2D eigenvalue weighted by molar-refractivity contribution is 8.00. The number of thioether (sulfide) groups is 1. The maximum Gasteiger partial charge on any atom is 0.240 e. The number of amides is 2. The van der Waals surface area contributed by atoms with Crippen molar-refractivity contribution in [2.24, 2.45) is 0 Å². The fourth-order valence-electron chi connectivity index (χ4n) is 3.24. The van der Waals surface area contributed by atoms with E-state index in [-0.39, 0.29) is 18.4 Å². The van der Waals surface area contributed by atoms with Gasteiger partial charge in [0.25, 0.3) is 0 Å². The molecule has 0 spiro atoms. The van der Waals surface area contributed by atoms with E-state index >= 15 is 0 Å². The minimum absolute atomic E-state index is 0.00127. The molecule has 0 radical (unpaired) electrons. The number of nitrogens with zero attached hydrogens (tertiary/aromatic N) is 2. The van der Waals surface area contributed by atoms with Gasteiger partial charge in [0.15, 0.2) is 0 Å². The van der Waals surface area contributed by atoms with E-state index in [2.05, 4.69) is 10.2 Å². The quantitative estimate of drug-likeness (QED) is 0.886. The van der Waals surface area contributed by atoms with E-state index in [0.29, 0.717) is 12.3 Å². The molecule has 1 N–H and O–H groups in total. The molecule has 1 saturated heterocycles. The van der Waals surface area contributed by atoms with E-state index in [1.165, 1.54) is 37.4 Å². The molecule has 24 heavy (non-hydrogen) atoms. The van der Waals surface area contributed by atoms with Gasteiger partial charge < -0.3 is 15.1 Å². The van der Waals surface area contributed by atoms with Gasteiger partial charge in [0.2, 0.25) is 11.8 Å². The zero-order valence-corrected chi connectivity index (χ0v) is 14.8. The molecule has 0 aliphatic carbocycles. The number of hydrogen-bond donors (Lipinski definition) is 1. The van der Waals surface area contributed by atoms with Crippen LogP contribution < -0.4 is 10.2 Å². The van der Waals surface area contributed by atoms with Gasteiger partial charge in [0.05, 0.1) is 11.4 Å². The molecule has 2 aliphatic heterocycles. The van der Waals surface area contributed by atoms with Gasteiger partial charge in [-0.2, -0.15) is 0 Å². The molecule has 1 aromatic carbocycles. The third-order valence-corrected chi connectivity index (χ3v) is 5.61. The van der Waals surface area contributed by atoms with Crippen LogP contribution in [0.1, 0.15) is 25.7 Å². The first-order chi connectivity index (χ1) is 11.7. The van der Waals surface area contributed by atoms with Crippen LogP contribution in [0.3, 0.4) is 0 Å². The number of nitrogens with one attached hydrogen (secondary N) is 1. The fourth-order valence-corrected chi connectivity index (χ4v) is 4.18. The second-order valence-electron chi connectivity index (χ2n) is 6.34. The summed E-state index contributed by atoms with van der Waals surface area (Å²) < 4.78 is 0. The largest absolute Gasteiger partial charge is 0.353 e. The van der Waals surface area contributed by atoms with Crippen LogP contribution in [0.4, 0.5) is 5.69 Å². The minimum Gasteiger partial charge on any atom is -0.353 e. The average Bonchev–Trinajstić information content (AvgIpc) is 2.86. The van der Waals surface area contributed by atoms with Crippen molar-refractivity contribution in [2.75, 3.05) is 43.4 Å². The maximum atomic E-state index is 12.2. The van der Waals surface area contributed by atoms with Gasteiger partial charge >= 0.3 is 0 Å². The van der Waals surface area contributed by atoms with Crippen molar-refractivity contribution in [1.82, 2.24) is 10.2 Å². The van der Waals surface area contributed by atoms with E-state index in [1.807, 2.05) is 24.3 Å². The SMILES string of the molecule is O=C(CN1C(=O)CSc2ccccc21)NCCN1CCCCCC1. The lowest BCUT2D eigenvalue weighted by Gasteiger charge is -2.28. The van der Waals surface area contributed by atoms with E-state index in [0.717, 1.165) is 30.2 Å². The molecular weight excluding hydrogens is 322 g/mol. The van der Waals surface area contributed by atoms with Gasteiger partial charge in [-0.25, -0.2) is 0 Å². The van der Waals surface area contributed by atoms with E-state index in [1.54, 1.807) is 4.90 Å². The molecule has 0 saturated carbocycles. The summed E-state index contributed by atoms with van der Waals surface area (Å²) in [5, 5.41) is 2.97. The first-order valence-electron chi connectivity index (χ1n) is 8.75. The van der Waals surface area contributed by atoms with Gasteiger partial charge in [-0.3, -0.25) is 9.59 Å². The summed E-state index contributed by atoms with van der Waals surface area (Å²) in [4.78, 5) is 29.5. The monoisotopic (exact) mass is 347 g/mol. The van der Waals surface area contributed by atoms with E-state index < -0.39 is 0 Å². The van der Waals surface area contributed by atoms with Crippen molar-refractivity contribution in [3.05, 3.63) is 24.3 Å². The number of carbonyl (C=O) groups is 2. The van der Waals surface area contributed by atoms with Gasteiger partial charge in [0.1, 0.15) is 6.54 Å². The molecule has 5 nitrogen and oxygen atoms in total. The zero-order chi connectivity index (χ0) is 16.8. The molecule has 130 valence electrons. The molecule has 0 atom stereocenters. The van der Waals surface area contributed by atoms with Crippen LogP contribution in [0.25, 0.3) is 0 Å². The Labute approximate surface area is 147 Å². The first kappa shape index (κ1) is 17.3. The second kappa shape index (κ2) is 8.53. The Morgan fingerprint density at radius 1 is 1.12 bits per heavy atom. The Morgan fingerprint density at radius 2 is 1.88 bits per heavy atom. The molecule has 0 unspecified atom stereocenters. The summed E-state index contributed by atoms with van der Waals surface area (Å²) in [6.07, 6.45) is 5.14. The number of likely N-dealkylation sites (tertiary alicyclic amines) is 1. The van der Waals surface area contributed by atoms with Crippen LogP contribution >= 0.6 is 11.8 Å². The molecular formula is C18H25N3O2S. The van der Waals surface area contributed by atoms with Crippen molar-refractivity contribution in [3.8, 4) is 0 Å². The number of rotatable bonds is 5. The minimum atomic E-state index is -0.0834. The smallest absolute Gasteiger partial charge is 0.240 e. The molecule has 3 rings (SSSR count). The molecule has 0 bridgehead atoms. The molecule has 2 heterocycles. The van der Waals surface area contributed by atoms with Gasteiger partial charge in [-0.1, -0.05) is 25.0 Å². The highest BCUT2D eigenvalue weighted by Gasteiger charge is 2.26. The lowest BCUT2D eigenvalue weighted by molar-refractivity contribution is -0.123. The summed E-state index contributed by atoms with van der Waals surface area (Å²) in [5.41, 5.74) is 0.849. The summed E-state index contributed by atoms with van der Waals surface area (Å²) in [5.74, 6) is 0.319. The average molecular weight is 347 g/mol. The van der Waals surface area contributed by atoms with Gasteiger partial charge in [-0.05, 0) is 38.1 Å². The van der Waals surface area contributed by atoms with Crippen LogP contribution in [0.2, 0.25) is 0 Å². The molecule has 2 aliphatic rings. The summed E-state index contributed by atoms with van der Waals surface area (Å²) in [6.45, 7) is 3.91. The normalized spacial score (nSPS) is 18.8. The summed E-state index contributed by atoms with van der Waals surface area (Å²) in [6, 6.07) is 7.77. The Kier molecular flexibility index (Phi) is 6.15. The number of anilines is 1. The first-order valence-corrected chi connectivity index (χ1v) is 9.74. The van der Waals surface area contributed by atoms with Gasteiger partial charge in [-0.15, -0.1) is 11.8 Å². The number of hydrogen-bond acceptors (Lipinski definition) is 4. The van der Waals surface area contributed by atoms with Crippen molar-refractivity contribution >= 4 is 29.3 Å². The third-order valence-electron chi connectivity index (χ3n) is 4.56. The summed E-state index contributed by atoms with van der Waals surface area (Å²) >= 11 is 1.54. The van der Waals surface area contributed by atoms with Crippen LogP contribution in [0, 0.1) is 0 Å². The Bertz CT molecular complexity index is 585. The standard InChI is InChI=1S/C18H25N3O2S/c22-17(19-9-12-20-10-5-1-2-6-11-20)13-21-15-7-3-4-8-16(15)24-14-18(21)23/h3-4,7-8H,1-2,5-6,9-14H2,(H,19,22). The zero-order valence-electron chi connectivity index (χ0n) is 14.0. The molecule has 6 heteroatoms. The Morgan fingerprint density at radius 3 is 2.67 bits per heavy atom. The predicted octanol–water partition coefficient (Wildman–Crippen LogP) is 2.12. The highest BCUT2D eigenvalue weighted by Crippen LogP contribution is 2.34. The molecule has 1 aromatic rings. The second-order valence-corrected chi connectivity index (χ2v) is 7.36. The lowest BCUT2D eigenvalue weighted by Crippen LogP contribution is -2.44. The van der Waals surface area contributed by atoms with Crippen molar-refractivity contribution < 1.29 is 9.59 Å². The van der Waals surface area contributed by atoms with E-state index in [9.17, 15) is 9.59 Å². The van der Waals surface area contributed by atoms with Crippen LogP contribution in [-0.2, 0) is 9.59 Å². The van der Waals surface area contributed by atoms with Gasteiger partial charge in [0, 0.05) is 18.0 Å². The topological polar surface area (TPSA) is 52.7 Å². The Hall–Kier alpha value is -1.53. The number of carbonyl (C=O) groups excluding carboxylic acids is 2. The number of benzene rings is 1. The summed E-state index contributed by atoms with van der Waals surface area (Å²) in [7, 11) is 0. The van der Waals surface area contributed by atoms with Crippen molar-refractivity contribution in [1.29, 1.82) is 0 Å². The maximum absolute atomic E-state index is 12.2. The predicted molar refractivity (Wildman–Crippen MR) is 97.4 cm³/mol. The number of fused-ring (bicyclic) bond motifs is 1. The molecule has 2 amide bonds. The lowest BCUT2D eigenvalue weighted by atomic mass is 10.2. The van der Waals surface area contributed by atoms with E-state index in [4.69, 9.17) is 0 Å². The van der Waals surface area contributed by atoms with Crippen LogP contribution in [0.5, 0.6) is 0 Å². The third kappa shape index (κ3) is 4.51. The van der Waals surface area contributed by atoms with Crippen molar-refractivity contribution in [2.45, 2.75) is 30.6 Å².